The summed E-state index contributed by atoms with van der Waals surface area (Å²) in [7, 11) is 0. The van der Waals surface area contributed by atoms with Gasteiger partial charge in [0.1, 0.15) is 0 Å². The summed E-state index contributed by atoms with van der Waals surface area (Å²) in [5.74, 6) is 0.103. The minimum Gasteiger partial charge on any atom is -0.462 e. The Hall–Kier alpha value is -0.870. The van der Waals surface area contributed by atoms with Crippen molar-refractivity contribution in [3.63, 3.8) is 0 Å². The highest BCUT2D eigenvalue weighted by molar-refractivity contribution is 5.87. The molecule has 0 aliphatic rings. The largest absolute Gasteiger partial charge is 0.462 e. The Morgan fingerprint density at radius 2 is 1.68 bits per heavy atom. The second-order valence-electron chi connectivity index (χ2n) is 5.64. The maximum atomic E-state index is 11.8. The van der Waals surface area contributed by atoms with Gasteiger partial charge >= 0.3 is 5.97 Å². The summed E-state index contributed by atoms with van der Waals surface area (Å²) in [5.41, 5.74) is 0.374. The first-order valence-corrected chi connectivity index (χ1v) is 8.65. The molecular weight excluding hydrogens is 280 g/mol. The zero-order chi connectivity index (χ0) is 16.6. The van der Waals surface area contributed by atoms with E-state index in [1.807, 2.05) is 0 Å². The van der Waals surface area contributed by atoms with E-state index in [2.05, 4.69) is 27.4 Å². The monoisotopic (exact) mass is 314 g/mol. The predicted molar refractivity (Wildman–Crippen MR) is 90.0 cm³/mol. The first-order chi connectivity index (χ1) is 10.7. The summed E-state index contributed by atoms with van der Waals surface area (Å²) in [6.07, 6.45) is 6.68. The molecule has 1 unspecified atom stereocenters. The maximum absolute atomic E-state index is 11.8. The van der Waals surface area contributed by atoms with Crippen molar-refractivity contribution in [2.24, 2.45) is 5.92 Å². The smallest absolute Gasteiger partial charge is 0.335 e. The number of hydrogen-bond acceptors (Lipinski definition) is 4. The molecule has 4 nitrogen and oxygen atoms in total. The Bertz CT molecular complexity index is 289. The van der Waals surface area contributed by atoms with Gasteiger partial charge < -0.3 is 14.2 Å². The van der Waals surface area contributed by atoms with Gasteiger partial charge in [0.05, 0.1) is 32.0 Å². The van der Waals surface area contributed by atoms with Crippen molar-refractivity contribution < 1.29 is 19.0 Å². The van der Waals surface area contributed by atoms with Crippen LogP contribution in [0.5, 0.6) is 0 Å². The van der Waals surface area contributed by atoms with Crippen molar-refractivity contribution >= 4 is 5.97 Å². The molecular formula is C18H34O4. The number of esters is 1. The van der Waals surface area contributed by atoms with Gasteiger partial charge in [0, 0.05) is 6.61 Å². The molecule has 0 N–H and O–H groups in total. The van der Waals surface area contributed by atoms with Gasteiger partial charge in [-0.15, -0.1) is 0 Å². The quantitative estimate of drug-likeness (QED) is 0.259. The Labute approximate surface area is 136 Å². The summed E-state index contributed by atoms with van der Waals surface area (Å²) in [6, 6.07) is 0. The zero-order valence-electron chi connectivity index (χ0n) is 14.7. The number of rotatable bonds is 15. The van der Waals surface area contributed by atoms with E-state index in [0.717, 1.165) is 32.3 Å². The fraction of sp³-hybridized carbons (Fsp3) is 0.833. The predicted octanol–water partition coefficient (Wildman–Crippen LogP) is 4.14. The molecule has 0 heterocycles. The van der Waals surface area contributed by atoms with Gasteiger partial charge in [-0.3, -0.25) is 0 Å². The van der Waals surface area contributed by atoms with Crippen molar-refractivity contribution in [2.45, 2.75) is 59.3 Å². The number of ether oxygens (including phenoxy) is 3. The third-order valence-corrected chi connectivity index (χ3v) is 3.57. The lowest BCUT2D eigenvalue weighted by Crippen LogP contribution is -2.18. The molecule has 130 valence electrons. The van der Waals surface area contributed by atoms with Crippen molar-refractivity contribution in [3.05, 3.63) is 12.2 Å². The Kier molecular flexibility index (Phi) is 14.4. The normalized spacial score (nSPS) is 12.1. The van der Waals surface area contributed by atoms with Crippen LogP contribution in [0, 0.1) is 5.92 Å². The molecule has 0 amide bonds. The molecule has 0 rings (SSSR count). The van der Waals surface area contributed by atoms with E-state index in [4.69, 9.17) is 14.2 Å². The molecule has 4 heteroatoms. The van der Waals surface area contributed by atoms with Gasteiger partial charge in [0.15, 0.2) is 0 Å². The Morgan fingerprint density at radius 3 is 2.32 bits per heavy atom. The van der Waals surface area contributed by atoms with Crippen molar-refractivity contribution in [2.75, 3.05) is 33.0 Å². The van der Waals surface area contributed by atoms with E-state index in [1.54, 1.807) is 0 Å². The molecule has 1 atom stereocenters. The van der Waals surface area contributed by atoms with Crippen LogP contribution in [0.25, 0.3) is 0 Å². The fourth-order valence-corrected chi connectivity index (χ4v) is 1.91. The maximum Gasteiger partial charge on any atom is 0.335 e. The molecule has 0 saturated carbocycles. The van der Waals surface area contributed by atoms with Gasteiger partial charge in [0.25, 0.3) is 0 Å². The average Bonchev–Trinajstić information content (AvgIpc) is 2.53. The number of carbonyl (C=O) groups is 1. The van der Waals surface area contributed by atoms with Crippen molar-refractivity contribution in [1.29, 1.82) is 0 Å². The van der Waals surface area contributed by atoms with E-state index < -0.39 is 0 Å². The SMILES string of the molecule is C=C(COCCOCCCC)C(=O)OCC(CC)CCCC. The van der Waals surface area contributed by atoms with Gasteiger partial charge in [-0.2, -0.15) is 0 Å². The van der Waals surface area contributed by atoms with Crippen molar-refractivity contribution in [1.82, 2.24) is 0 Å². The Morgan fingerprint density at radius 1 is 1.00 bits per heavy atom. The lowest BCUT2D eigenvalue weighted by Gasteiger charge is -2.15. The van der Waals surface area contributed by atoms with Gasteiger partial charge in [-0.05, 0) is 18.8 Å². The third-order valence-electron chi connectivity index (χ3n) is 3.57. The molecule has 0 fully saturated rings. The summed E-state index contributed by atoms with van der Waals surface area (Å²) in [6.45, 7) is 12.6. The molecule has 0 aromatic carbocycles. The molecule has 0 spiro atoms. The first kappa shape index (κ1) is 21.1. The molecule has 0 saturated heterocycles. The molecule has 22 heavy (non-hydrogen) atoms. The summed E-state index contributed by atoms with van der Waals surface area (Å²) in [4.78, 5) is 11.8. The van der Waals surface area contributed by atoms with Gasteiger partial charge in [-0.25, -0.2) is 4.79 Å². The zero-order valence-corrected chi connectivity index (χ0v) is 14.7. The minimum absolute atomic E-state index is 0.210. The Balaban J connectivity index is 3.67. The fourth-order valence-electron chi connectivity index (χ4n) is 1.91. The van der Waals surface area contributed by atoms with Crippen LogP contribution in [0.15, 0.2) is 12.2 Å². The lowest BCUT2D eigenvalue weighted by atomic mass is 10.0. The molecule has 0 aromatic rings. The highest BCUT2D eigenvalue weighted by Crippen LogP contribution is 2.13. The highest BCUT2D eigenvalue weighted by atomic mass is 16.5. The topological polar surface area (TPSA) is 44.8 Å². The van der Waals surface area contributed by atoms with Gasteiger partial charge in [0.2, 0.25) is 0 Å². The van der Waals surface area contributed by atoms with Crippen molar-refractivity contribution in [3.8, 4) is 0 Å². The lowest BCUT2D eigenvalue weighted by molar-refractivity contribution is -0.141. The van der Waals surface area contributed by atoms with Crippen LogP contribution in [0.1, 0.15) is 59.3 Å². The van der Waals surface area contributed by atoms with E-state index in [1.165, 1.54) is 12.8 Å². The van der Waals surface area contributed by atoms with E-state index >= 15 is 0 Å². The number of hydrogen-bond donors (Lipinski definition) is 0. The van der Waals surface area contributed by atoms with E-state index in [0.29, 0.717) is 31.3 Å². The minimum atomic E-state index is -0.346. The molecule has 0 radical (unpaired) electrons. The molecule has 0 aliphatic carbocycles. The molecule has 0 bridgehead atoms. The second kappa shape index (κ2) is 15.0. The van der Waals surface area contributed by atoms with Crippen LogP contribution in [0.2, 0.25) is 0 Å². The summed E-state index contributed by atoms with van der Waals surface area (Å²) in [5, 5.41) is 0. The molecule has 0 aliphatic heterocycles. The first-order valence-electron chi connectivity index (χ1n) is 8.65. The van der Waals surface area contributed by atoms with Crippen LogP contribution >= 0.6 is 0 Å². The standard InChI is InChI=1S/C18H34O4/c1-5-8-10-17(7-3)15-22-18(19)16(4)14-21-13-12-20-11-9-6-2/h17H,4-15H2,1-3H3. The third kappa shape index (κ3) is 11.8. The van der Waals surface area contributed by atoms with E-state index in [9.17, 15) is 4.79 Å². The van der Waals surface area contributed by atoms with Crippen LogP contribution in [0.3, 0.4) is 0 Å². The number of unbranched alkanes of at least 4 members (excludes halogenated alkanes) is 2. The van der Waals surface area contributed by atoms with Crippen LogP contribution < -0.4 is 0 Å². The average molecular weight is 314 g/mol. The number of carbonyl (C=O) groups excluding carboxylic acids is 1. The van der Waals surface area contributed by atoms with Crippen LogP contribution in [-0.2, 0) is 19.0 Å². The second-order valence-corrected chi connectivity index (χ2v) is 5.64. The molecule has 0 aromatic heterocycles. The summed E-state index contributed by atoms with van der Waals surface area (Å²) < 4.78 is 16.1. The van der Waals surface area contributed by atoms with Crippen LogP contribution in [-0.4, -0.2) is 39.0 Å². The van der Waals surface area contributed by atoms with Gasteiger partial charge in [-0.1, -0.05) is 53.0 Å². The van der Waals surface area contributed by atoms with Crippen LogP contribution in [0.4, 0.5) is 0 Å². The van der Waals surface area contributed by atoms with E-state index in [-0.39, 0.29) is 12.6 Å². The summed E-state index contributed by atoms with van der Waals surface area (Å²) >= 11 is 0. The highest BCUT2D eigenvalue weighted by Gasteiger charge is 2.12.